The summed E-state index contributed by atoms with van der Waals surface area (Å²) in [5.74, 6) is 0.908. The molecule has 0 radical (unpaired) electrons. The van der Waals surface area contributed by atoms with Crippen LogP contribution in [0.15, 0.2) is 96.1 Å². The molecule has 48 heavy (non-hydrogen) atoms. The van der Waals surface area contributed by atoms with Crippen molar-refractivity contribution in [2.75, 3.05) is 13.2 Å². The third kappa shape index (κ3) is 10.9. The van der Waals surface area contributed by atoms with Crippen molar-refractivity contribution in [3.8, 4) is 12.3 Å². The molecule has 1 aliphatic rings. The fraction of sp³-hybridized carbons (Fsp3) is 0.405. The van der Waals surface area contributed by atoms with Gasteiger partial charge in [-0.2, -0.15) is 0 Å². The predicted octanol–water partition coefficient (Wildman–Crippen LogP) is 5.53. The van der Waals surface area contributed by atoms with Crippen molar-refractivity contribution in [2.24, 2.45) is 11.0 Å². The molecule has 4 rings (SSSR count). The van der Waals surface area contributed by atoms with Crippen molar-refractivity contribution in [1.29, 1.82) is 0 Å². The summed E-state index contributed by atoms with van der Waals surface area (Å²) >= 11 is 0. The van der Waals surface area contributed by atoms with Crippen LogP contribution in [0.2, 0.25) is 0 Å². The normalized spacial score (nSPS) is 21.0. The fourth-order valence-electron chi connectivity index (χ4n) is 5.43. The molecule has 3 aromatic carbocycles. The fourth-order valence-corrected chi connectivity index (χ4v) is 5.43. The van der Waals surface area contributed by atoms with E-state index in [1.165, 1.54) is 0 Å². The number of carbonyl (C=O) groups excluding carboxylic acids is 2. The summed E-state index contributed by atoms with van der Waals surface area (Å²) in [6, 6.07) is 28.0. The number of ether oxygens (including phenoxy) is 5. The molecular formula is C37H42N4O7. The summed E-state index contributed by atoms with van der Waals surface area (Å²) in [6.07, 6.45) is 1.15. The van der Waals surface area contributed by atoms with Crippen LogP contribution in [0.5, 0.6) is 0 Å². The summed E-state index contributed by atoms with van der Waals surface area (Å²) in [4.78, 5) is 29.2. The van der Waals surface area contributed by atoms with Crippen LogP contribution >= 0.6 is 0 Å². The number of terminal acetylenes is 1. The molecular weight excluding hydrogens is 612 g/mol. The summed E-state index contributed by atoms with van der Waals surface area (Å²) < 4.78 is 31.3. The minimum absolute atomic E-state index is 0.0717. The smallest absolute Gasteiger partial charge is 0.329 e. The van der Waals surface area contributed by atoms with Crippen molar-refractivity contribution in [2.45, 2.75) is 76.7 Å². The highest BCUT2D eigenvalue weighted by atomic mass is 16.6. The van der Waals surface area contributed by atoms with Gasteiger partial charge in [0, 0.05) is 4.91 Å². The van der Waals surface area contributed by atoms with E-state index in [0.29, 0.717) is 0 Å². The standard InChI is InChI=1S/C37H42N4O7/c1-4-20-44-37(43)33(26(2)3)40-32(42)21-30-34(45-23-27-14-8-5-9-15-27)36(47-25-29-18-12-7-13-19-29)35(31(48-30)22-39-41-38)46-24-28-16-10-6-11-17-28/h1,5-19,26,30-31,33-36H,20-25H2,2-3H3,(H,40,42)/t30?,31-,33+,34+,35-,36-/m1/s1. The molecule has 11 heteroatoms. The van der Waals surface area contributed by atoms with E-state index in [1.807, 2.05) is 91.0 Å². The lowest BCUT2D eigenvalue weighted by molar-refractivity contribution is -0.262. The van der Waals surface area contributed by atoms with Crippen molar-refractivity contribution >= 4 is 11.9 Å². The van der Waals surface area contributed by atoms with Crippen molar-refractivity contribution in [3.05, 3.63) is 118 Å². The lowest BCUT2D eigenvalue weighted by atomic mass is 9.91. The van der Waals surface area contributed by atoms with E-state index < -0.39 is 48.4 Å². The van der Waals surface area contributed by atoms with Gasteiger partial charge < -0.3 is 29.0 Å². The number of hydrogen-bond donors (Lipinski definition) is 1. The maximum absolute atomic E-state index is 13.6. The van der Waals surface area contributed by atoms with Gasteiger partial charge in [0.05, 0.1) is 45.0 Å². The van der Waals surface area contributed by atoms with Crippen molar-refractivity contribution in [1.82, 2.24) is 5.32 Å². The topological polar surface area (TPSA) is 141 Å². The van der Waals surface area contributed by atoms with Crippen LogP contribution in [0, 0.1) is 18.3 Å². The van der Waals surface area contributed by atoms with Crippen LogP contribution in [0.25, 0.3) is 10.4 Å². The predicted molar refractivity (Wildman–Crippen MR) is 179 cm³/mol. The van der Waals surface area contributed by atoms with Gasteiger partial charge >= 0.3 is 5.97 Å². The van der Waals surface area contributed by atoms with Gasteiger partial charge in [-0.3, -0.25) is 4.79 Å². The van der Waals surface area contributed by atoms with Gasteiger partial charge in [-0.15, -0.1) is 6.42 Å². The molecule has 252 valence electrons. The SMILES string of the molecule is C#CCOC(=O)[C@@H](NC(=O)CC1O[C@H](CN=[N+]=[N-])[C@@H](OCc2ccccc2)[C@H](OCc2ccccc2)[C@H]1OCc1ccccc1)C(C)C. The lowest BCUT2D eigenvalue weighted by Gasteiger charge is -2.46. The summed E-state index contributed by atoms with van der Waals surface area (Å²) in [6.45, 7) is 3.98. The second kappa shape index (κ2) is 19.2. The quantitative estimate of drug-likeness (QED) is 0.0664. The van der Waals surface area contributed by atoms with Crippen LogP contribution in [-0.2, 0) is 53.1 Å². The molecule has 0 spiro atoms. The Hall–Kier alpha value is -4.69. The Morgan fingerprint density at radius 1 is 0.833 bits per heavy atom. The van der Waals surface area contributed by atoms with Crippen LogP contribution < -0.4 is 5.32 Å². The number of nitrogens with one attached hydrogen (secondary N) is 1. The molecule has 1 N–H and O–H groups in total. The zero-order chi connectivity index (χ0) is 34.1. The van der Waals surface area contributed by atoms with Crippen LogP contribution in [0.1, 0.15) is 37.0 Å². The second-order valence-electron chi connectivity index (χ2n) is 11.7. The lowest BCUT2D eigenvalue weighted by Crippen LogP contribution is -2.61. The maximum Gasteiger partial charge on any atom is 0.329 e. The Morgan fingerprint density at radius 2 is 1.31 bits per heavy atom. The highest BCUT2D eigenvalue weighted by Crippen LogP contribution is 2.32. The zero-order valence-electron chi connectivity index (χ0n) is 27.2. The molecule has 1 saturated heterocycles. The van der Waals surface area contributed by atoms with Gasteiger partial charge in [0.1, 0.15) is 24.4 Å². The highest BCUT2D eigenvalue weighted by molar-refractivity contribution is 5.85. The van der Waals surface area contributed by atoms with Crippen LogP contribution in [0.4, 0.5) is 0 Å². The molecule has 3 aromatic rings. The highest BCUT2D eigenvalue weighted by Gasteiger charge is 2.48. The van der Waals surface area contributed by atoms with E-state index in [-0.39, 0.29) is 45.3 Å². The molecule has 0 bridgehead atoms. The molecule has 1 amide bonds. The number of nitrogens with zero attached hydrogens (tertiary/aromatic N) is 3. The van der Waals surface area contributed by atoms with Gasteiger partial charge in [0.25, 0.3) is 0 Å². The van der Waals surface area contributed by atoms with E-state index in [4.69, 9.17) is 30.1 Å². The first kappa shape index (κ1) is 36.2. The number of benzene rings is 3. The van der Waals surface area contributed by atoms with E-state index in [1.54, 1.807) is 13.8 Å². The number of azide groups is 1. The van der Waals surface area contributed by atoms with Crippen molar-refractivity contribution < 1.29 is 33.3 Å². The zero-order valence-corrected chi connectivity index (χ0v) is 27.2. The Kier molecular flexibility index (Phi) is 14.5. The minimum atomic E-state index is -0.927. The van der Waals surface area contributed by atoms with Gasteiger partial charge in [-0.25, -0.2) is 4.79 Å². The molecule has 1 unspecified atom stereocenters. The van der Waals surface area contributed by atoms with Crippen molar-refractivity contribution in [3.63, 3.8) is 0 Å². The first-order valence-corrected chi connectivity index (χ1v) is 15.9. The average molecular weight is 655 g/mol. The number of hydrogen-bond acceptors (Lipinski definition) is 8. The van der Waals surface area contributed by atoms with E-state index in [2.05, 4.69) is 21.3 Å². The third-order valence-electron chi connectivity index (χ3n) is 7.83. The number of rotatable bonds is 17. The van der Waals surface area contributed by atoms with Gasteiger partial charge in [-0.1, -0.05) is 116 Å². The minimum Gasteiger partial charge on any atom is -0.451 e. The molecule has 11 nitrogen and oxygen atoms in total. The monoisotopic (exact) mass is 654 g/mol. The summed E-state index contributed by atoms with van der Waals surface area (Å²) in [5, 5.41) is 6.59. The van der Waals surface area contributed by atoms with Gasteiger partial charge in [0.2, 0.25) is 5.91 Å². The summed E-state index contributed by atoms with van der Waals surface area (Å²) in [7, 11) is 0. The molecule has 1 fully saturated rings. The average Bonchev–Trinajstić information content (AvgIpc) is 3.11. The van der Waals surface area contributed by atoms with E-state index >= 15 is 0 Å². The Morgan fingerprint density at radius 3 is 1.77 bits per heavy atom. The Bertz CT molecular complexity index is 1510. The maximum atomic E-state index is 13.6. The molecule has 1 heterocycles. The molecule has 0 aromatic heterocycles. The van der Waals surface area contributed by atoms with E-state index in [0.717, 1.165) is 16.7 Å². The molecule has 6 atom stereocenters. The first-order chi connectivity index (χ1) is 23.4. The molecule has 0 aliphatic carbocycles. The number of carbonyl (C=O) groups is 2. The van der Waals surface area contributed by atoms with Gasteiger partial charge in [-0.05, 0) is 28.1 Å². The Labute approximate surface area is 281 Å². The van der Waals surface area contributed by atoms with E-state index in [9.17, 15) is 15.1 Å². The molecule has 1 aliphatic heterocycles. The first-order valence-electron chi connectivity index (χ1n) is 15.9. The summed E-state index contributed by atoms with van der Waals surface area (Å²) in [5.41, 5.74) is 12.0. The number of amides is 1. The van der Waals surface area contributed by atoms with Gasteiger partial charge in [0.15, 0.2) is 6.61 Å². The molecule has 0 saturated carbocycles. The number of esters is 1. The van der Waals surface area contributed by atoms with Crippen LogP contribution in [-0.4, -0.2) is 61.6 Å². The Balaban J connectivity index is 1.66. The second-order valence-corrected chi connectivity index (χ2v) is 11.7. The third-order valence-corrected chi connectivity index (χ3v) is 7.83. The van der Waals surface area contributed by atoms with Crippen LogP contribution in [0.3, 0.4) is 0 Å². The largest absolute Gasteiger partial charge is 0.451 e.